The van der Waals surface area contributed by atoms with Crippen LogP contribution in [0.5, 0.6) is 0 Å². The van der Waals surface area contributed by atoms with Gasteiger partial charge in [0.1, 0.15) is 0 Å². The molecule has 3 nitrogen and oxygen atoms in total. The summed E-state index contributed by atoms with van der Waals surface area (Å²) >= 11 is 11.9. The lowest BCUT2D eigenvalue weighted by molar-refractivity contribution is -0.116. The van der Waals surface area contributed by atoms with E-state index < -0.39 is 0 Å². The molecule has 2 aliphatic rings. The Morgan fingerprint density at radius 1 is 1.16 bits per heavy atom. The van der Waals surface area contributed by atoms with Gasteiger partial charge in [-0.25, -0.2) is 5.01 Å². The third-order valence-corrected chi connectivity index (χ3v) is 4.51. The molecule has 1 fully saturated rings. The lowest BCUT2D eigenvalue weighted by Gasteiger charge is -2.12. The van der Waals surface area contributed by atoms with Gasteiger partial charge in [-0.1, -0.05) is 36.0 Å². The first-order valence-electron chi connectivity index (χ1n) is 6.50. The van der Waals surface area contributed by atoms with Crippen molar-refractivity contribution in [2.45, 2.75) is 32.1 Å². The molecule has 5 heteroatoms. The van der Waals surface area contributed by atoms with E-state index >= 15 is 0 Å². The Labute approximate surface area is 122 Å². The van der Waals surface area contributed by atoms with Crippen molar-refractivity contribution in [3.63, 3.8) is 0 Å². The molecule has 3 rings (SSSR count). The van der Waals surface area contributed by atoms with Crippen LogP contribution in [-0.4, -0.2) is 11.6 Å². The summed E-state index contributed by atoms with van der Waals surface area (Å²) in [5, 5.41) is 6.87. The minimum atomic E-state index is 0.0142. The number of hydrogen-bond acceptors (Lipinski definition) is 2. The number of nitrogens with zero attached hydrogens (tertiary/aromatic N) is 2. The molecule has 0 N–H and O–H groups in total. The topological polar surface area (TPSA) is 32.7 Å². The van der Waals surface area contributed by atoms with Crippen molar-refractivity contribution in [1.82, 2.24) is 0 Å². The molecule has 1 aromatic rings. The van der Waals surface area contributed by atoms with Gasteiger partial charge in [0.05, 0.1) is 27.9 Å². The van der Waals surface area contributed by atoms with Crippen LogP contribution in [0.15, 0.2) is 23.3 Å². The van der Waals surface area contributed by atoms with Crippen LogP contribution >= 0.6 is 23.2 Å². The van der Waals surface area contributed by atoms with Crippen molar-refractivity contribution in [2.75, 3.05) is 5.01 Å². The molecule has 0 bridgehead atoms. The van der Waals surface area contributed by atoms with Crippen LogP contribution < -0.4 is 5.01 Å². The van der Waals surface area contributed by atoms with E-state index in [1.54, 1.807) is 18.2 Å². The number of rotatable bonds is 2. The number of benzene rings is 1. The average molecular weight is 297 g/mol. The molecule has 1 saturated carbocycles. The molecule has 1 aromatic carbocycles. The Bertz CT molecular complexity index is 550. The van der Waals surface area contributed by atoms with Gasteiger partial charge in [-0.2, -0.15) is 5.10 Å². The molecule has 19 heavy (non-hydrogen) atoms. The number of carbonyl (C=O) groups excluding carboxylic acids is 1. The van der Waals surface area contributed by atoms with Crippen molar-refractivity contribution in [3.05, 3.63) is 28.2 Å². The molecule has 1 aliphatic heterocycles. The van der Waals surface area contributed by atoms with Gasteiger partial charge in [0.2, 0.25) is 0 Å². The van der Waals surface area contributed by atoms with Crippen molar-refractivity contribution in [2.24, 2.45) is 11.0 Å². The zero-order valence-electron chi connectivity index (χ0n) is 10.4. The molecule has 0 spiro atoms. The standard InChI is InChI=1S/C14H14Cl2N2O/c15-11-6-5-10(7-12(11)16)18-14(19)8-13(17-18)9-3-1-2-4-9/h5-7,9H,1-4,8H2. The Hall–Kier alpha value is -1.06. The molecular weight excluding hydrogens is 283 g/mol. The van der Waals surface area contributed by atoms with Gasteiger partial charge in [-0.15, -0.1) is 0 Å². The van der Waals surface area contributed by atoms with Crippen LogP contribution in [-0.2, 0) is 4.79 Å². The van der Waals surface area contributed by atoms with Crippen LogP contribution in [0.4, 0.5) is 5.69 Å². The summed E-state index contributed by atoms with van der Waals surface area (Å²) in [7, 11) is 0. The minimum absolute atomic E-state index is 0.0142. The predicted molar refractivity (Wildman–Crippen MR) is 78.0 cm³/mol. The summed E-state index contributed by atoms with van der Waals surface area (Å²) in [4.78, 5) is 12.1. The molecule has 0 atom stereocenters. The fraction of sp³-hybridized carbons (Fsp3) is 0.429. The van der Waals surface area contributed by atoms with E-state index in [4.69, 9.17) is 23.2 Å². The van der Waals surface area contributed by atoms with Crippen LogP contribution in [0.1, 0.15) is 32.1 Å². The van der Waals surface area contributed by atoms with Crippen molar-refractivity contribution in [3.8, 4) is 0 Å². The summed E-state index contributed by atoms with van der Waals surface area (Å²) in [6.07, 6.45) is 5.23. The van der Waals surface area contributed by atoms with Crippen molar-refractivity contribution in [1.29, 1.82) is 0 Å². The Morgan fingerprint density at radius 3 is 2.58 bits per heavy atom. The molecule has 1 amide bonds. The Morgan fingerprint density at radius 2 is 1.89 bits per heavy atom. The summed E-state index contributed by atoms with van der Waals surface area (Å²) in [6.45, 7) is 0. The van der Waals surface area contributed by atoms with Gasteiger partial charge < -0.3 is 0 Å². The van der Waals surface area contributed by atoms with Gasteiger partial charge >= 0.3 is 0 Å². The Kier molecular flexibility index (Phi) is 3.50. The van der Waals surface area contributed by atoms with Crippen LogP contribution in [0, 0.1) is 5.92 Å². The van der Waals surface area contributed by atoms with E-state index in [2.05, 4.69) is 5.10 Å². The second kappa shape index (κ2) is 5.14. The van der Waals surface area contributed by atoms with Crippen LogP contribution in [0.25, 0.3) is 0 Å². The normalized spacial score (nSPS) is 20.2. The van der Waals surface area contributed by atoms with Gasteiger partial charge in [0.25, 0.3) is 5.91 Å². The first-order valence-corrected chi connectivity index (χ1v) is 7.26. The highest BCUT2D eigenvalue weighted by molar-refractivity contribution is 6.42. The zero-order valence-corrected chi connectivity index (χ0v) is 11.9. The van der Waals surface area contributed by atoms with E-state index in [9.17, 15) is 4.79 Å². The second-order valence-electron chi connectivity index (χ2n) is 5.05. The number of amides is 1. The molecule has 1 heterocycles. The van der Waals surface area contributed by atoms with Gasteiger partial charge in [0.15, 0.2) is 0 Å². The summed E-state index contributed by atoms with van der Waals surface area (Å²) in [6, 6.07) is 5.14. The van der Waals surface area contributed by atoms with E-state index in [0.29, 0.717) is 28.1 Å². The third-order valence-electron chi connectivity index (χ3n) is 3.77. The highest BCUT2D eigenvalue weighted by Gasteiger charge is 2.31. The summed E-state index contributed by atoms with van der Waals surface area (Å²) in [5.74, 6) is 0.497. The van der Waals surface area contributed by atoms with Gasteiger partial charge in [-0.05, 0) is 37.0 Å². The van der Waals surface area contributed by atoms with E-state index in [1.807, 2.05) is 0 Å². The molecule has 0 radical (unpaired) electrons. The van der Waals surface area contributed by atoms with Crippen LogP contribution in [0.2, 0.25) is 10.0 Å². The van der Waals surface area contributed by atoms with Crippen LogP contribution in [0.3, 0.4) is 0 Å². The molecular formula is C14H14Cl2N2O. The highest BCUT2D eigenvalue weighted by Crippen LogP contribution is 2.33. The second-order valence-corrected chi connectivity index (χ2v) is 5.87. The van der Waals surface area contributed by atoms with E-state index in [-0.39, 0.29) is 5.91 Å². The zero-order chi connectivity index (χ0) is 13.4. The monoisotopic (exact) mass is 296 g/mol. The molecule has 0 unspecified atom stereocenters. The fourth-order valence-corrected chi connectivity index (χ4v) is 3.05. The first kappa shape index (κ1) is 12.9. The number of carbonyl (C=O) groups is 1. The maximum absolute atomic E-state index is 12.1. The maximum Gasteiger partial charge on any atom is 0.253 e. The summed E-state index contributed by atoms with van der Waals surface area (Å²) < 4.78 is 0. The van der Waals surface area contributed by atoms with Crippen molar-refractivity contribution < 1.29 is 4.79 Å². The molecule has 1 aliphatic carbocycles. The lowest BCUT2D eigenvalue weighted by Crippen LogP contribution is -2.19. The molecule has 100 valence electrons. The van der Waals surface area contributed by atoms with Crippen molar-refractivity contribution >= 4 is 40.5 Å². The number of halogens is 2. The smallest absolute Gasteiger partial charge is 0.253 e. The number of hydrogen-bond donors (Lipinski definition) is 0. The number of hydrazone groups is 1. The minimum Gasteiger partial charge on any atom is -0.272 e. The number of anilines is 1. The largest absolute Gasteiger partial charge is 0.272 e. The van der Waals surface area contributed by atoms with Gasteiger partial charge in [-0.3, -0.25) is 4.79 Å². The predicted octanol–water partition coefficient (Wildman–Crippen LogP) is 4.28. The average Bonchev–Trinajstić information content (AvgIpc) is 3.01. The quantitative estimate of drug-likeness (QED) is 0.802. The highest BCUT2D eigenvalue weighted by atomic mass is 35.5. The summed E-state index contributed by atoms with van der Waals surface area (Å²) in [5.41, 5.74) is 1.71. The van der Waals surface area contributed by atoms with Gasteiger partial charge in [0, 0.05) is 0 Å². The molecule has 0 saturated heterocycles. The lowest BCUT2D eigenvalue weighted by atomic mass is 10.00. The SMILES string of the molecule is O=C1CC(C2CCCC2)=NN1c1ccc(Cl)c(Cl)c1. The fourth-order valence-electron chi connectivity index (χ4n) is 2.75. The molecule has 0 aromatic heterocycles. The Balaban J connectivity index is 1.87. The maximum atomic E-state index is 12.1. The van der Waals surface area contributed by atoms with E-state index in [1.165, 1.54) is 17.9 Å². The first-order chi connectivity index (χ1) is 9.15. The third kappa shape index (κ3) is 2.49. The van der Waals surface area contributed by atoms with E-state index in [0.717, 1.165) is 18.6 Å².